The molecule has 166 valence electrons. The molecule has 0 aliphatic carbocycles. The van der Waals surface area contributed by atoms with Crippen LogP contribution in [-0.2, 0) is 9.59 Å². The Bertz CT molecular complexity index is 1150. The molecule has 7 nitrogen and oxygen atoms in total. The Morgan fingerprint density at radius 2 is 1.84 bits per heavy atom. The van der Waals surface area contributed by atoms with E-state index in [2.05, 4.69) is 19.1 Å². The van der Waals surface area contributed by atoms with Crippen molar-refractivity contribution in [1.82, 2.24) is 4.98 Å². The Morgan fingerprint density at radius 1 is 1.09 bits per heavy atom. The number of hydrogen-bond donors (Lipinski definition) is 3. The maximum absolute atomic E-state index is 13.2. The first-order valence-corrected chi connectivity index (χ1v) is 12.0. The first kappa shape index (κ1) is 21.2. The first-order chi connectivity index (χ1) is 15.5. The SMILES string of the molecule is Cc1ccc2nc(-c3ccc(N4C(=O)C[C@@H]([NH+]5CC[NH+](CCO)CC5)C4=O)cc3)sc2c1. The Hall–Kier alpha value is -2.65. The number of rotatable bonds is 5. The molecule has 0 radical (unpaired) electrons. The van der Waals surface area contributed by atoms with Crippen molar-refractivity contribution in [1.29, 1.82) is 0 Å². The molecule has 32 heavy (non-hydrogen) atoms. The fourth-order valence-electron chi connectivity index (χ4n) is 4.81. The van der Waals surface area contributed by atoms with Crippen molar-refractivity contribution in [3.05, 3.63) is 48.0 Å². The number of anilines is 1. The van der Waals surface area contributed by atoms with E-state index in [-0.39, 0.29) is 30.9 Å². The average molecular weight is 453 g/mol. The van der Waals surface area contributed by atoms with Crippen LogP contribution in [0.1, 0.15) is 12.0 Å². The highest BCUT2D eigenvalue weighted by Crippen LogP contribution is 2.32. The summed E-state index contributed by atoms with van der Waals surface area (Å²) >= 11 is 1.65. The molecule has 5 rings (SSSR count). The molecule has 3 N–H and O–H groups in total. The zero-order valence-electron chi connectivity index (χ0n) is 18.1. The molecule has 3 aromatic rings. The molecular formula is C24H28N4O3S+2. The first-order valence-electron chi connectivity index (χ1n) is 11.2. The fourth-order valence-corrected chi connectivity index (χ4v) is 5.88. The second-order valence-corrected chi connectivity index (χ2v) is 9.77. The minimum absolute atomic E-state index is 0.0983. The molecular weight excluding hydrogens is 424 g/mol. The van der Waals surface area contributed by atoms with Gasteiger partial charge in [0.25, 0.3) is 5.91 Å². The number of quaternary nitrogens is 2. The van der Waals surface area contributed by atoms with E-state index in [9.17, 15) is 9.59 Å². The summed E-state index contributed by atoms with van der Waals surface area (Å²) in [5.74, 6) is -0.223. The minimum Gasteiger partial charge on any atom is -0.391 e. The molecule has 0 spiro atoms. The number of carbonyl (C=O) groups excluding carboxylic acids is 2. The topological polar surface area (TPSA) is 79.4 Å². The molecule has 0 saturated carbocycles. The molecule has 0 unspecified atom stereocenters. The Balaban J connectivity index is 1.31. The summed E-state index contributed by atoms with van der Waals surface area (Å²) in [4.78, 5) is 34.5. The third-order valence-electron chi connectivity index (χ3n) is 6.62. The number of aliphatic hydroxyl groups excluding tert-OH is 1. The minimum atomic E-state index is -0.301. The molecule has 8 heteroatoms. The van der Waals surface area contributed by atoms with Crippen molar-refractivity contribution in [3.63, 3.8) is 0 Å². The number of carbonyl (C=O) groups is 2. The molecule has 2 amide bonds. The zero-order chi connectivity index (χ0) is 22.2. The summed E-state index contributed by atoms with van der Waals surface area (Å²) in [6, 6.07) is 13.5. The van der Waals surface area contributed by atoms with Gasteiger partial charge in [-0.1, -0.05) is 6.07 Å². The summed E-state index contributed by atoms with van der Waals surface area (Å²) in [7, 11) is 0. The summed E-state index contributed by atoms with van der Waals surface area (Å²) < 4.78 is 1.15. The van der Waals surface area contributed by atoms with Gasteiger partial charge in [0.1, 0.15) is 37.7 Å². The number of fused-ring (bicyclic) bond motifs is 1. The van der Waals surface area contributed by atoms with Gasteiger partial charge in [0.05, 0.1) is 28.9 Å². The molecule has 1 atom stereocenters. The Morgan fingerprint density at radius 3 is 2.56 bits per heavy atom. The van der Waals surface area contributed by atoms with Crippen LogP contribution in [0.4, 0.5) is 5.69 Å². The van der Waals surface area contributed by atoms with Crippen LogP contribution in [0.5, 0.6) is 0 Å². The van der Waals surface area contributed by atoms with E-state index in [0.717, 1.165) is 53.5 Å². The number of aliphatic hydroxyl groups is 1. The van der Waals surface area contributed by atoms with Gasteiger partial charge in [0.2, 0.25) is 5.91 Å². The number of imide groups is 1. The van der Waals surface area contributed by atoms with Crippen LogP contribution < -0.4 is 14.7 Å². The van der Waals surface area contributed by atoms with Gasteiger partial charge in [-0.2, -0.15) is 0 Å². The highest BCUT2D eigenvalue weighted by molar-refractivity contribution is 7.21. The monoisotopic (exact) mass is 452 g/mol. The lowest BCUT2D eigenvalue weighted by Crippen LogP contribution is -3.30. The van der Waals surface area contributed by atoms with Crippen molar-refractivity contribution in [2.75, 3.05) is 44.2 Å². The molecule has 2 aliphatic rings. The van der Waals surface area contributed by atoms with Crippen molar-refractivity contribution in [3.8, 4) is 10.6 Å². The number of nitrogens with zero attached hydrogens (tertiary/aromatic N) is 2. The third-order valence-corrected chi connectivity index (χ3v) is 7.69. The predicted molar refractivity (Wildman–Crippen MR) is 124 cm³/mol. The second-order valence-electron chi connectivity index (χ2n) is 8.74. The molecule has 2 aliphatic heterocycles. The quantitative estimate of drug-likeness (QED) is 0.464. The van der Waals surface area contributed by atoms with Gasteiger partial charge in [-0.25, -0.2) is 9.88 Å². The molecule has 2 fully saturated rings. The summed E-state index contributed by atoms with van der Waals surface area (Å²) in [5, 5.41) is 10.1. The summed E-state index contributed by atoms with van der Waals surface area (Å²) in [6.07, 6.45) is 0.266. The number of aryl methyl sites for hydroxylation is 1. The van der Waals surface area contributed by atoms with Gasteiger partial charge in [-0.05, 0) is 48.9 Å². The van der Waals surface area contributed by atoms with Crippen LogP contribution >= 0.6 is 11.3 Å². The largest absolute Gasteiger partial charge is 0.391 e. The highest BCUT2D eigenvalue weighted by atomic mass is 32.1. The van der Waals surface area contributed by atoms with Crippen LogP contribution in [0.2, 0.25) is 0 Å². The van der Waals surface area contributed by atoms with E-state index >= 15 is 0 Å². The summed E-state index contributed by atoms with van der Waals surface area (Å²) in [6.45, 7) is 6.55. The van der Waals surface area contributed by atoms with E-state index < -0.39 is 0 Å². The van der Waals surface area contributed by atoms with Crippen LogP contribution in [-0.4, -0.2) is 67.3 Å². The molecule has 3 heterocycles. The maximum Gasteiger partial charge on any atom is 0.292 e. The van der Waals surface area contributed by atoms with Gasteiger partial charge in [0.15, 0.2) is 6.04 Å². The van der Waals surface area contributed by atoms with E-state index in [1.54, 1.807) is 11.3 Å². The lowest BCUT2D eigenvalue weighted by atomic mass is 10.1. The number of amides is 2. The lowest BCUT2D eigenvalue weighted by Gasteiger charge is -2.31. The van der Waals surface area contributed by atoms with Gasteiger partial charge >= 0.3 is 0 Å². The molecule has 2 saturated heterocycles. The molecule has 0 bridgehead atoms. The second kappa shape index (κ2) is 8.71. The number of nitrogens with one attached hydrogen (secondary N) is 2. The van der Waals surface area contributed by atoms with Crippen LogP contribution in [0.3, 0.4) is 0 Å². The van der Waals surface area contributed by atoms with Gasteiger partial charge in [-0.15, -0.1) is 11.3 Å². The van der Waals surface area contributed by atoms with Crippen molar-refractivity contribution in [2.24, 2.45) is 0 Å². The average Bonchev–Trinajstić information content (AvgIpc) is 3.34. The molecule has 2 aromatic carbocycles. The van der Waals surface area contributed by atoms with E-state index in [1.807, 2.05) is 30.3 Å². The number of aromatic nitrogens is 1. The van der Waals surface area contributed by atoms with Crippen LogP contribution in [0, 0.1) is 6.92 Å². The van der Waals surface area contributed by atoms with Gasteiger partial charge in [-0.3, -0.25) is 9.59 Å². The fraction of sp³-hybridized carbons (Fsp3) is 0.375. The number of piperazine rings is 1. The lowest BCUT2D eigenvalue weighted by molar-refractivity contribution is -1.02. The van der Waals surface area contributed by atoms with Crippen LogP contribution in [0.15, 0.2) is 42.5 Å². The van der Waals surface area contributed by atoms with E-state index in [0.29, 0.717) is 5.69 Å². The van der Waals surface area contributed by atoms with Gasteiger partial charge in [0, 0.05) is 5.56 Å². The van der Waals surface area contributed by atoms with E-state index in [1.165, 1.54) is 20.3 Å². The molecule has 1 aromatic heterocycles. The van der Waals surface area contributed by atoms with Crippen molar-refractivity contribution < 1.29 is 24.5 Å². The summed E-state index contributed by atoms with van der Waals surface area (Å²) in [5.41, 5.74) is 3.81. The third kappa shape index (κ3) is 3.95. The maximum atomic E-state index is 13.2. The highest BCUT2D eigenvalue weighted by Gasteiger charge is 2.46. The standard InChI is InChI=1S/C24H26N4O3S/c1-16-2-7-19-21(14-16)32-23(25-19)17-3-5-18(6-4-17)28-22(30)15-20(24(28)31)27-10-8-26(9-11-27)12-13-29/h2-7,14,20,29H,8-13,15H2,1H3/p+2/t20-/m1/s1. The Labute approximate surface area is 190 Å². The smallest absolute Gasteiger partial charge is 0.292 e. The number of benzene rings is 2. The van der Waals surface area contributed by atoms with Crippen molar-refractivity contribution in [2.45, 2.75) is 19.4 Å². The number of hydrogen-bond acceptors (Lipinski definition) is 5. The van der Waals surface area contributed by atoms with Crippen LogP contribution in [0.25, 0.3) is 20.8 Å². The van der Waals surface area contributed by atoms with Crippen molar-refractivity contribution >= 4 is 39.1 Å². The predicted octanol–water partition coefficient (Wildman–Crippen LogP) is -0.321. The zero-order valence-corrected chi connectivity index (χ0v) is 19.0. The Kier molecular flexibility index (Phi) is 5.77. The number of thiazole rings is 1. The normalized spacial score (nSPS) is 23.9. The van der Waals surface area contributed by atoms with E-state index in [4.69, 9.17) is 10.1 Å². The van der Waals surface area contributed by atoms with Gasteiger partial charge < -0.3 is 14.9 Å².